The van der Waals surface area contributed by atoms with Crippen LogP contribution in [0.15, 0.2) is 57.8 Å². The number of carbonyl (C=O) groups is 1. The lowest BCUT2D eigenvalue weighted by atomic mass is 10.1. The first-order chi connectivity index (χ1) is 13.3. The molecule has 1 saturated heterocycles. The van der Waals surface area contributed by atoms with Crippen molar-refractivity contribution in [2.75, 3.05) is 6.54 Å². The number of nitrogens with zero attached hydrogens (tertiary/aromatic N) is 3. The summed E-state index contributed by atoms with van der Waals surface area (Å²) in [5.74, 6) is 1.97. The highest BCUT2D eigenvalue weighted by Crippen LogP contribution is 2.28. The minimum atomic E-state index is -0.0482. The maximum absolute atomic E-state index is 12.3. The van der Waals surface area contributed by atoms with Crippen molar-refractivity contribution in [3.8, 4) is 0 Å². The molecule has 1 amide bonds. The molecule has 7 heteroatoms. The third kappa shape index (κ3) is 3.01. The van der Waals surface area contributed by atoms with E-state index in [0.29, 0.717) is 37.6 Å². The monoisotopic (exact) mass is 362 g/mol. The van der Waals surface area contributed by atoms with Gasteiger partial charge in [0.15, 0.2) is 5.82 Å². The van der Waals surface area contributed by atoms with E-state index < -0.39 is 0 Å². The number of para-hydroxylation sites is 1. The number of H-pyrrole nitrogens is 1. The first-order valence-corrected chi connectivity index (χ1v) is 8.94. The van der Waals surface area contributed by atoms with Gasteiger partial charge in [-0.1, -0.05) is 23.4 Å². The summed E-state index contributed by atoms with van der Waals surface area (Å²) in [6.07, 6.45) is 4.54. The van der Waals surface area contributed by atoms with Gasteiger partial charge in [-0.15, -0.1) is 0 Å². The standard InChI is InChI=1S/C20H18N4O3/c25-19-9-14(11-24(19)12-15-4-3-7-26-15)20-22-18(27-23-20)8-13-10-21-17-6-2-1-5-16(13)17/h1-7,10,14,21H,8-9,11-12H2. The Balaban J connectivity index is 1.30. The molecule has 4 heterocycles. The zero-order valence-electron chi connectivity index (χ0n) is 14.6. The Labute approximate surface area is 155 Å². The zero-order chi connectivity index (χ0) is 18.2. The summed E-state index contributed by atoms with van der Waals surface area (Å²) >= 11 is 0. The van der Waals surface area contributed by atoms with Crippen LogP contribution in [0.1, 0.15) is 35.4 Å². The molecule has 1 aliphatic heterocycles. The van der Waals surface area contributed by atoms with Crippen LogP contribution in [0.25, 0.3) is 10.9 Å². The molecule has 4 aromatic rings. The molecule has 1 aliphatic rings. The number of hydrogen-bond donors (Lipinski definition) is 1. The summed E-state index contributed by atoms with van der Waals surface area (Å²) in [7, 11) is 0. The van der Waals surface area contributed by atoms with Gasteiger partial charge in [-0.3, -0.25) is 4.79 Å². The van der Waals surface area contributed by atoms with Crippen LogP contribution in [0.2, 0.25) is 0 Å². The van der Waals surface area contributed by atoms with Crippen molar-refractivity contribution in [2.24, 2.45) is 0 Å². The Bertz CT molecular complexity index is 1080. The van der Waals surface area contributed by atoms with Crippen LogP contribution >= 0.6 is 0 Å². The van der Waals surface area contributed by atoms with Crippen molar-refractivity contribution in [3.05, 3.63) is 71.9 Å². The molecule has 3 aromatic heterocycles. The molecular formula is C20H18N4O3. The van der Waals surface area contributed by atoms with Crippen LogP contribution in [0.4, 0.5) is 0 Å². The van der Waals surface area contributed by atoms with Gasteiger partial charge in [0.2, 0.25) is 11.8 Å². The van der Waals surface area contributed by atoms with Gasteiger partial charge < -0.3 is 18.8 Å². The van der Waals surface area contributed by atoms with Crippen molar-refractivity contribution in [1.82, 2.24) is 20.0 Å². The predicted octanol–water partition coefficient (Wildman–Crippen LogP) is 3.25. The van der Waals surface area contributed by atoms with Crippen molar-refractivity contribution in [2.45, 2.75) is 25.3 Å². The highest BCUT2D eigenvalue weighted by molar-refractivity contribution is 5.83. The summed E-state index contributed by atoms with van der Waals surface area (Å²) in [4.78, 5) is 21.9. The number of benzene rings is 1. The van der Waals surface area contributed by atoms with Crippen LogP contribution in [0, 0.1) is 0 Å². The number of likely N-dealkylation sites (tertiary alicyclic amines) is 1. The number of hydrogen-bond acceptors (Lipinski definition) is 5. The van der Waals surface area contributed by atoms with E-state index in [9.17, 15) is 4.79 Å². The Morgan fingerprint density at radius 1 is 1.22 bits per heavy atom. The molecule has 1 N–H and O–H groups in total. The van der Waals surface area contributed by atoms with Crippen LogP contribution in [-0.4, -0.2) is 32.5 Å². The Hall–Kier alpha value is -3.35. The van der Waals surface area contributed by atoms with E-state index in [1.54, 1.807) is 11.2 Å². The largest absolute Gasteiger partial charge is 0.467 e. The smallest absolute Gasteiger partial charge is 0.231 e. The molecule has 0 saturated carbocycles. The first-order valence-electron chi connectivity index (χ1n) is 8.94. The normalized spacial score (nSPS) is 17.3. The van der Waals surface area contributed by atoms with Crippen LogP contribution in [0.5, 0.6) is 0 Å². The molecule has 1 aromatic carbocycles. The molecule has 27 heavy (non-hydrogen) atoms. The van der Waals surface area contributed by atoms with Gasteiger partial charge in [0.1, 0.15) is 5.76 Å². The van der Waals surface area contributed by atoms with E-state index in [0.717, 1.165) is 22.2 Å². The fourth-order valence-corrected chi connectivity index (χ4v) is 3.64. The highest BCUT2D eigenvalue weighted by atomic mass is 16.5. The zero-order valence-corrected chi connectivity index (χ0v) is 14.6. The third-order valence-corrected chi connectivity index (χ3v) is 5.01. The van der Waals surface area contributed by atoms with Gasteiger partial charge in [-0.25, -0.2) is 0 Å². The lowest BCUT2D eigenvalue weighted by Crippen LogP contribution is -2.24. The highest BCUT2D eigenvalue weighted by Gasteiger charge is 2.34. The minimum Gasteiger partial charge on any atom is -0.467 e. The van der Waals surface area contributed by atoms with E-state index in [1.165, 1.54) is 0 Å². The Morgan fingerprint density at radius 2 is 2.15 bits per heavy atom. The number of furan rings is 1. The summed E-state index contributed by atoms with van der Waals surface area (Å²) in [5, 5.41) is 5.28. The van der Waals surface area contributed by atoms with Crippen molar-refractivity contribution in [1.29, 1.82) is 0 Å². The molecule has 0 radical (unpaired) electrons. The van der Waals surface area contributed by atoms with Crippen molar-refractivity contribution in [3.63, 3.8) is 0 Å². The third-order valence-electron chi connectivity index (χ3n) is 5.01. The average molecular weight is 362 g/mol. The molecule has 0 spiro atoms. The fourth-order valence-electron chi connectivity index (χ4n) is 3.64. The summed E-state index contributed by atoms with van der Waals surface area (Å²) in [6.45, 7) is 1.05. The minimum absolute atomic E-state index is 0.0482. The molecule has 5 rings (SSSR count). The maximum atomic E-state index is 12.3. The number of amides is 1. The Morgan fingerprint density at radius 3 is 3.04 bits per heavy atom. The second-order valence-electron chi connectivity index (χ2n) is 6.84. The number of carbonyl (C=O) groups excluding carboxylic acids is 1. The second kappa shape index (κ2) is 6.42. The van der Waals surface area contributed by atoms with Gasteiger partial charge >= 0.3 is 0 Å². The van der Waals surface area contributed by atoms with Crippen molar-refractivity contribution >= 4 is 16.8 Å². The van der Waals surface area contributed by atoms with E-state index >= 15 is 0 Å². The molecule has 1 fully saturated rings. The molecular weight excluding hydrogens is 344 g/mol. The quantitative estimate of drug-likeness (QED) is 0.589. The first kappa shape index (κ1) is 15.9. The molecule has 136 valence electrons. The second-order valence-corrected chi connectivity index (χ2v) is 6.84. The Kier molecular flexibility index (Phi) is 3.78. The lowest BCUT2D eigenvalue weighted by Gasteiger charge is -2.13. The molecule has 1 atom stereocenters. The molecule has 0 bridgehead atoms. The number of aromatic nitrogens is 3. The topological polar surface area (TPSA) is 88.2 Å². The predicted molar refractivity (Wildman–Crippen MR) is 96.9 cm³/mol. The average Bonchev–Trinajstić information content (AvgIpc) is 3.45. The van der Waals surface area contributed by atoms with Gasteiger partial charge in [0, 0.05) is 36.0 Å². The molecule has 7 nitrogen and oxygen atoms in total. The molecule has 1 unspecified atom stereocenters. The maximum Gasteiger partial charge on any atom is 0.231 e. The van der Waals surface area contributed by atoms with Gasteiger partial charge in [0.25, 0.3) is 0 Å². The van der Waals surface area contributed by atoms with Crippen molar-refractivity contribution < 1.29 is 13.7 Å². The van der Waals surface area contributed by atoms with Crippen LogP contribution in [0.3, 0.4) is 0 Å². The number of aromatic amines is 1. The van der Waals surface area contributed by atoms with E-state index in [1.807, 2.05) is 36.5 Å². The van der Waals surface area contributed by atoms with Crippen LogP contribution < -0.4 is 0 Å². The summed E-state index contributed by atoms with van der Waals surface area (Å²) in [5.41, 5.74) is 2.20. The van der Waals surface area contributed by atoms with Crippen LogP contribution in [-0.2, 0) is 17.8 Å². The summed E-state index contributed by atoms with van der Waals surface area (Å²) in [6, 6.07) is 11.8. The van der Waals surface area contributed by atoms with E-state index in [2.05, 4.69) is 21.2 Å². The van der Waals surface area contributed by atoms with Gasteiger partial charge in [0.05, 0.1) is 19.2 Å². The van der Waals surface area contributed by atoms with E-state index in [4.69, 9.17) is 8.94 Å². The van der Waals surface area contributed by atoms with Gasteiger partial charge in [-0.05, 0) is 23.8 Å². The number of nitrogens with one attached hydrogen (secondary N) is 1. The fraction of sp³-hybridized carbons (Fsp3) is 0.250. The van der Waals surface area contributed by atoms with E-state index in [-0.39, 0.29) is 11.8 Å². The summed E-state index contributed by atoms with van der Waals surface area (Å²) < 4.78 is 10.8. The van der Waals surface area contributed by atoms with Gasteiger partial charge in [-0.2, -0.15) is 4.98 Å². The SMILES string of the molecule is O=C1CC(c2noc(Cc3c[nH]c4ccccc34)n2)CN1Cc1ccco1. The number of fused-ring (bicyclic) bond motifs is 1. The lowest BCUT2D eigenvalue weighted by molar-refractivity contribution is -0.128. The number of rotatable bonds is 5. The molecule has 0 aliphatic carbocycles.